The van der Waals surface area contributed by atoms with Crippen molar-refractivity contribution in [2.75, 3.05) is 0 Å². The summed E-state index contributed by atoms with van der Waals surface area (Å²) in [7, 11) is -4.08. The van der Waals surface area contributed by atoms with E-state index in [1.165, 1.54) is 42.9 Å². The molecule has 0 saturated heterocycles. The molecular weight excluding hydrogens is 431 g/mol. The molecule has 2 aromatic heterocycles. The largest absolute Gasteiger partial charge is 0.472 e. The van der Waals surface area contributed by atoms with Crippen molar-refractivity contribution in [3.05, 3.63) is 108 Å². The van der Waals surface area contributed by atoms with Gasteiger partial charge in [-0.05, 0) is 47.5 Å². The fourth-order valence-corrected chi connectivity index (χ4v) is 4.95. The van der Waals surface area contributed by atoms with Crippen LogP contribution in [0.5, 0.6) is 0 Å². The molecule has 32 heavy (non-hydrogen) atoms. The molecule has 0 aliphatic carbocycles. The zero-order chi connectivity index (χ0) is 22.3. The van der Waals surface area contributed by atoms with Crippen molar-refractivity contribution in [3.8, 4) is 22.3 Å². The molecule has 2 heterocycles. The summed E-state index contributed by atoms with van der Waals surface area (Å²) in [6, 6.07) is 19.9. The molecule has 0 N–H and O–H groups in total. The van der Waals surface area contributed by atoms with Crippen molar-refractivity contribution in [2.24, 2.45) is 0 Å². The molecule has 0 unspecified atom stereocenters. The number of hydrogen-bond acceptors (Lipinski definition) is 5. The average Bonchev–Trinajstić information content (AvgIpc) is 3.33. The van der Waals surface area contributed by atoms with Crippen LogP contribution in [0.4, 0.5) is 4.39 Å². The van der Waals surface area contributed by atoms with E-state index in [1.54, 1.807) is 36.4 Å². The molecule has 0 atom stereocenters. The zero-order valence-electron chi connectivity index (χ0n) is 16.5. The average molecular weight is 446 g/mol. The zero-order valence-corrected chi connectivity index (χ0v) is 17.3. The lowest BCUT2D eigenvalue weighted by Crippen LogP contribution is -2.04. The second-order valence-corrected chi connectivity index (χ2v) is 9.14. The standard InChI is InChI=1S/C25H15FO5S/c26-19-10-18(16-4-2-1-3-5-16)11-21(12-19)32(28,29)20-6-7-22-23(17-8-9-30-15-17)14-25(27)31-24(22)13-20/h1-15H. The Morgan fingerprint density at radius 3 is 2.31 bits per heavy atom. The van der Waals surface area contributed by atoms with E-state index in [2.05, 4.69) is 0 Å². The Labute approximate surface area is 182 Å². The van der Waals surface area contributed by atoms with E-state index in [4.69, 9.17) is 8.83 Å². The minimum atomic E-state index is -4.08. The quantitative estimate of drug-likeness (QED) is 0.331. The summed E-state index contributed by atoms with van der Waals surface area (Å²) in [6.45, 7) is 0. The molecule has 0 saturated carbocycles. The van der Waals surface area contributed by atoms with Gasteiger partial charge in [0.05, 0.1) is 22.3 Å². The fourth-order valence-electron chi connectivity index (χ4n) is 3.62. The normalized spacial score (nSPS) is 11.7. The van der Waals surface area contributed by atoms with Gasteiger partial charge in [-0.2, -0.15) is 0 Å². The van der Waals surface area contributed by atoms with Crippen molar-refractivity contribution >= 4 is 20.8 Å². The highest BCUT2D eigenvalue weighted by atomic mass is 32.2. The summed E-state index contributed by atoms with van der Waals surface area (Å²) < 4.78 is 51.3. The number of furan rings is 1. The van der Waals surface area contributed by atoms with Gasteiger partial charge in [0.25, 0.3) is 0 Å². The highest BCUT2D eigenvalue weighted by Crippen LogP contribution is 2.32. The minimum Gasteiger partial charge on any atom is -0.472 e. The minimum absolute atomic E-state index is 0.106. The van der Waals surface area contributed by atoms with Crippen LogP contribution in [-0.4, -0.2) is 8.42 Å². The van der Waals surface area contributed by atoms with E-state index < -0.39 is 21.3 Å². The molecule has 0 fully saturated rings. The molecule has 5 aromatic rings. The molecule has 0 radical (unpaired) electrons. The van der Waals surface area contributed by atoms with Crippen LogP contribution in [0.15, 0.2) is 115 Å². The lowest BCUT2D eigenvalue weighted by Gasteiger charge is -2.10. The second kappa shape index (κ2) is 7.62. The summed E-state index contributed by atoms with van der Waals surface area (Å²) in [5.41, 5.74) is 1.84. The summed E-state index contributed by atoms with van der Waals surface area (Å²) >= 11 is 0. The molecular formula is C25H15FO5S. The first kappa shape index (κ1) is 20.0. The second-order valence-electron chi connectivity index (χ2n) is 7.19. The van der Waals surface area contributed by atoms with E-state index in [1.807, 2.05) is 6.07 Å². The van der Waals surface area contributed by atoms with Crippen LogP contribution < -0.4 is 5.63 Å². The van der Waals surface area contributed by atoms with Crippen LogP contribution in [0, 0.1) is 5.82 Å². The molecule has 0 aliphatic rings. The predicted octanol–water partition coefficient (Wildman–Crippen LogP) is 5.69. The van der Waals surface area contributed by atoms with Gasteiger partial charge in [0.1, 0.15) is 11.4 Å². The van der Waals surface area contributed by atoms with Gasteiger partial charge >= 0.3 is 5.63 Å². The maximum Gasteiger partial charge on any atom is 0.336 e. The van der Waals surface area contributed by atoms with Gasteiger partial charge in [0, 0.05) is 28.6 Å². The van der Waals surface area contributed by atoms with Crippen LogP contribution >= 0.6 is 0 Å². The van der Waals surface area contributed by atoms with E-state index in [0.717, 1.165) is 6.07 Å². The van der Waals surface area contributed by atoms with Crippen molar-refractivity contribution < 1.29 is 21.6 Å². The molecule has 0 bridgehead atoms. The van der Waals surface area contributed by atoms with Gasteiger partial charge in [-0.1, -0.05) is 30.3 Å². The first-order valence-electron chi connectivity index (χ1n) is 9.63. The molecule has 7 heteroatoms. The molecule has 0 spiro atoms. The molecule has 3 aromatic carbocycles. The SMILES string of the molecule is O=c1cc(-c2ccoc2)c2ccc(S(=O)(=O)c3cc(F)cc(-c4ccccc4)c3)cc2o1. The molecule has 5 nitrogen and oxygen atoms in total. The topological polar surface area (TPSA) is 77.5 Å². The fraction of sp³-hybridized carbons (Fsp3) is 0. The number of fused-ring (bicyclic) bond motifs is 1. The molecule has 0 aliphatic heterocycles. The van der Waals surface area contributed by atoms with E-state index in [0.29, 0.717) is 27.6 Å². The van der Waals surface area contributed by atoms with Gasteiger partial charge in [-0.15, -0.1) is 0 Å². The number of halogens is 1. The van der Waals surface area contributed by atoms with Crippen LogP contribution in [0.2, 0.25) is 0 Å². The highest BCUT2D eigenvalue weighted by Gasteiger charge is 2.21. The summed E-state index contributed by atoms with van der Waals surface area (Å²) in [5.74, 6) is -0.667. The van der Waals surface area contributed by atoms with Crippen LogP contribution in [0.25, 0.3) is 33.2 Å². The van der Waals surface area contributed by atoms with Crippen molar-refractivity contribution in [3.63, 3.8) is 0 Å². The molecule has 0 amide bonds. The third-order valence-electron chi connectivity index (χ3n) is 5.15. The number of sulfone groups is 1. The van der Waals surface area contributed by atoms with E-state index in [-0.39, 0.29) is 15.4 Å². The Morgan fingerprint density at radius 2 is 1.56 bits per heavy atom. The third-order valence-corrected chi connectivity index (χ3v) is 6.88. The van der Waals surface area contributed by atoms with Gasteiger partial charge in [0.15, 0.2) is 0 Å². The smallest absolute Gasteiger partial charge is 0.336 e. The Bertz CT molecular complexity index is 1600. The maximum atomic E-state index is 14.3. The first-order chi connectivity index (χ1) is 15.4. The van der Waals surface area contributed by atoms with Crippen molar-refractivity contribution in [2.45, 2.75) is 9.79 Å². The van der Waals surface area contributed by atoms with E-state index >= 15 is 0 Å². The molecule has 158 valence electrons. The summed E-state index contributed by atoms with van der Waals surface area (Å²) in [6.07, 6.45) is 2.96. The predicted molar refractivity (Wildman–Crippen MR) is 117 cm³/mol. The van der Waals surface area contributed by atoms with Gasteiger partial charge < -0.3 is 8.83 Å². The Kier molecular flexibility index (Phi) is 4.75. The lowest BCUT2D eigenvalue weighted by molar-refractivity contribution is 0.559. The number of hydrogen-bond donors (Lipinski definition) is 0. The Balaban J connectivity index is 1.66. The third kappa shape index (κ3) is 3.52. The molecule has 5 rings (SSSR count). The van der Waals surface area contributed by atoms with Gasteiger partial charge in [-0.25, -0.2) is 17.6 Å². The van der Waals surface area contributed by atoms with Crippen LogP contribution in [0.3, 0.4) is 0 Å². The first-order valence-corrected chi connectivity index (χ1v) is 11.1. The lowest BCUT2D eigenvalue weighted by atomic mass is 10.1. The van der Waals surface area contributed by atoms with Crippen molar-refractivity contribution in [1.29, 1.82) is 0 Å². The summed E-state index contributed by atoms with van der Waals surface area (Å²) in [4.78, 5) is 11.8. The maximum absolute atomic E-state index is 14.3. The van der Waals surface area contributed by atoms with Crippen LogP contribution in [-0.2, 0) is 9.84 Å². The monoisotopic (exact) mass is 446 g/mol. The van der Waals surface area contributed by atoms with E-state index in [9.17, 15) is 17.6 Å². The van der Waals surface area contributed by atoms with Gasteiger partial charge in [-0.3, -0.25) is 0 Å². The Hall–Kier alpha value is -3.97. The summed E-state index contributed by atoms with van der Waals surface area (Å²) in [5, 5.41) is 0.550. The number of benzene rings is 3. The highest BCUT2D eigenvalue weighted by molar-refractivity contribution is 7.91. The van der Waals surface area contributed by atoms with Crippen molar-refractivity contribution in [1.82, 2.24) is 0 Å². The van der Waals surface area contributed by atoms with Crippen LogP contribution in [0.1, 0.15) is 0 Å². The Morgan fingerprint density at radius 1 is 0.750 bits per heavy atom. The number of rotatable bonds is 4. The van der Waals surface area contributed by atoms with Gasteiger partial charge in [0.2, 0.25) is 9.84 Å².